The van der Waals surface area contributed by atoms with Crippen molar-refractivity contribution in [3.63, 3.8) is 0 Å². The zero-order chi connectivity index (χ0) is 23.5. The Bertz CT molecular complexity index is 1250. The molecule has 0 spiro atoms. The topological polar surface area (TPSA) is 55.8 Å². The molecule has 0 aromatic heterocycles. The summed E-state index contributed by atoms with van der Waals surface area (Å²) in [5.74, 6) is 1.02. The maximum Gasteiger partial charge on any atom is 0.293 e. The molecule has 1 aliphatic rings. The highest BCUT2D eigenvalue weighted by Gasteiger charge is 2.36. The van der Waals surface area contributed by atoms with Crippen molar-refractivity contribution >= 4 is 62.3 Å². The summed E-state index contributed by atoms with van der Waals surface area (Å²) in [4.78, 5) is 26.5. The molecule has 3 aromatic rings. The molecular formula is C26H24INO4S. The van der Waals surface area contributed by atoms with Gasteiger partial charge in [0.05, 0.1) is 15.1 Å². The molecule has 33 heavy (non-hydrogen) atoms. The van der Waals surface area contributed by atoms with E-state index in [-0.39, 0.29) is 17.2 Å². The number of amides is 2. The Kier molecular flexibility index (Phi) is 7.29. The molecule has 170 valence electrons. The maximum atomic E-state index is 12.6. The van der Waals surface area contributed by atoms with Crippen molar-refractivity contribution in [3.8, 4) is 11.5 Å². The molecule has 1 aliphatic heterocycles. The second-order valence-electron chi connectivity index (χ2n) is 7.88. The average molecular weight is 573 g/mol. The van der Waals surface area contributed by atoms with Crippen LogP contribution in [0.1, 0.15) is 31.9 Å². The zero-order valence-electron chi connectivity index (χ0n) is 18.6. The van der Waals surface area contributed by atoms with E-state index in [1.54, 1.807) is 6.08 Å². The molecule has 1 saturated heterocycles. The van der Waals surface area contributed by atoms with Gasteiger partial charge in [-0.2, -0.15) is 0 Å². The van der Waals surface area contributed by atoms with Crippen LogP contribution in [0.4, 0.5) is 4.79 Å². The Morgan fingerprint density at radius 1 is 1.03 bits per heavy atom. The van der Waals surface area contributed by atoms with Crippen LogP contribution in [0.2, 0.25) is 0 Å². The van der Waals surface area contributed by atoms with Crippen molar-refractivity contribution in [3.05, 3.63) is 74.2 Å². The van der Waals surface area contributed by atoms with Crippen molar-refractivity contribution < 1.29 is 19.1 Å². The van der Waals surface area contributed by atoms with Crippen molar-refractivity contribution in [1.29, 1.82) is 0 Å². The van der Waals surface area contributed by atoms with Crippen LogP contribution < -0.4 is 9.47 Å². The highest BCUT2D eigenvalue weighted by Crippen LogP contribution is 2.38. The highest BCUT2D eigenvalue weighted by atomic mass is 127. The first-order valence-electron chi connectivity index (χ1n) is 10.7. The number of benzene rings is 3. The number of nitrogens with zero attached hydrogens (tertiary/aromatic N) is 1. The Balaban J connectivity index is 1.59. The van der Waals surface area contributed by atoms with Gasteiger partial charge < -0.3 is 9.47 Å². The van der Waals surface area contributed by atoms with E-state index in [1.807, 2.05) is 45.0 Å². The third-order valence-corrected chi connectivity index (χ3v) is 6.85. The monoisotopic (exact) mass is 573 g/mol. The van der Waals surface area contributed by atoms with Crippen LogP contribution in [-0.2, 0) is 11.4 Å². The largest absolute Gasteiger partial charge is 0.490 e. The van der Waals surface area contributed by atoms with Gasteiger partial charge in [0, 0.05) is 6.04 Å². The van der Waals surface area contributed by atoms with E-state index in [0.717, 1.165) is 26.5 Å². The summed E-state index contributed by atoms with van der Waals surface area (Å²) in [6.07, 6.45) is 1.74. The van der Waals surface area contributed by atoms with Gasteiger partial charge in [-0.25, -0.2) is 0 Å². The van der Waals surface area contributed by atoms with Gasteiger partial charge in [0.25, 0.3) is 11.1 Å². The van der Waals surface area contributed by atoms with Crippen LogP contribution in [0.25, 0.3) is 16.8 Å². The van der Waals surface area contributed by atoms with Crippen LogP contribution >= 0.6 is 34.4 Å². The Labute approximate surface area is 211 Å². The number of thioether (sulfide) groups is 1. The van der Waals surface area contributed by atoms with Gasteiger partial charge >= 0.3 is 0 Å². The molecule has 0 aliphatic carbocycles. The average Bonchev–Trinajstić information content (AvgIpc) is 3.06. The van der Waals surface area contributed by atoms with E-state index in [4.69, 9.17) is 9.47 Å². The molecule has 3 aromatic carbocycles. The number of carbonyl (C=O) groups is 2. The van der Waals surface area contributed by atoms with Crippen LogP contribution in [0.5, 0.6) is 11.5 Å². The van der Waals surface area contributed by atoms with Gasteiger partial charge in [-0.15, -0.1) is 0 Å². The lowest BCUT2D eigenvalue weighted by atomic mass is 10.1. The van der Waals surface area contributed by atoms with Gasteiger partial charge in [-0.05, 0) is 101 Å². The van der Waals surface area contributed by atoms with E-state index < -0.39 is 0 Å². The van der Waals surface area contributed by atoms with E-state index in [9.17, 15) is 9.59 Å². The van der Waals surface area contributed by atoms with E-state index >= 15 is 0 Å². The Hall–Kier alpha value is -2.52. The number of ether oxygens (including phenoxy) is 2. The highest BCUT2D eigenvalue weighted by molar-refractivity contribution is 14.1. The molecule has 5 nitrogen and oxygen atoms in total. The van der Waals surface area contributed by atoms with Crippen molar-refractivity contribution in [2.24, 2.45) is 0 Å². The Morgan fingerprint density at radius 3 is 2.48 bits per heavy atom. The van der Waals surface area contributed by atoms with Gasteiger partial charge in [0.1, 0.15) is 6.61 Å². The second-order valence-corrected chi connectivity index (χ2v) is 10.0. The molecule has 7 heteroatoms. The summed E-state index contributed by atoms with van der Waals surface area (Å²) in [6, 6.07) is 18.1. The lowest BCUT2D eigenvalue weighted by Crippen LogP contribution is -2.34. The molecule has 0 radical (unpaired) electrons. The lowest BCUT2D eigenvalue weighted by molar-refractivity contribution is -0.123. The van der Waals surface area contributed by atoms with Crippen molar-refractivity contribution in [2.75, 3.05) is 6.61 Å². The minimum absolute atomic E-state index is 0.173. The first-order chi connectivity index (χ1) is 15.9. The molecule has 1 fully saturated rings. The minimum Gasteiger partial charge on any atom is -0.490 e. The van der Waals surface area contributed by atoms with Gasteiger partial charge in [0.15, 0.2) is 11.5 Å². The molecule has 0 atom stereocenters. The normalized spacial score (nSPS) is 15.2. The minimum atomic E-state index is -0.260. The fourth-order valence-electron chi connectivity index (χ4n) is 3.63. The summed E-state index contributed by atoms with van der Waals surface area (Å²) >= 11 is 3.18. The SMILES string of the molecule is CCOc1cc(/C=C2/SC(=O)N(C(C)C)C2=O)cc(I)c1OCc1ccc2ccccc2c1. The number of hydrogen-bond donors (Lipinski definition) is 0. The molecule has 1 heterocycles. The molecule has 0 saturated carbocycles. The zero-order valence-corrected chi connectivity index (χ0v) is 21.6. The van der Waals surface area contributed by atoms with E-state index in [1.165, 1.54) is 15.7 Å². The first kappa shape index (κ1) is 23.6. The predicted molar refractivity (Wildman–Crippen MR) is 142 cm³/mol. The molecular weight excluding hydrogens is 549 g/mol. The first-order valence-corrected chi connectivity index (χ1v) is 12.6. The summed E-state index contributed by atoms with van der Waals surface area (Å²) in [6.45, 7) is 6.47. The van der Waals surface area contributed by atoms with E-state index in [0.29, 0.717) is 29.6 Å². The summed E-state index contributed by atoms with van der Waals surface area (Å²) in [5, 5.41) is 2.12. The standard InChI is InChI=1S/C26H24INO4S/c1-4-31-22-13-18(14-23-25(29)28(16(2)3)26(30)33-23)12-21(27)24(22)32-15-17-9-10-19-7-5-6-8-20(19)11-17/h5-14,16H,4,15H2,1-3H3/b23-14+. The number of imide groups is 1. The van der Waals surface area contributed by atoms with Crippen LogP contribution in [-0.4, -0.2) is 28.7 Å². The number of rotatable bonds is 7. The van der Waals surface area contributed by atoms with Crippen molar-refractivity contribution in [2.45, 2.75) is 33.4 Å². The maximum absolute atomic E-state index is 12.6. The molecule has 0 N–H and O–H groups in total. The summed E-state index contributed by atoms with van der Waals surface area (Å²) < 4.78 is 12.9. The molecule has 2 amide bonds. The summed E-state index contributed by atoms with van der Waals surface area (Å²) in [7, 11) is 0. The van der Waals surface area contributed by atoms with Gasteiger partial charge in [0.2, 0.25) is 0 Å². The predicted octanol–water partition coefficient (Wildman–Crippen LogP) is 6.87. The molecule has 0 bridgehead atoms. The fraction of sp³-hybridized carbons (Fsp3) is 0.231. The van der Waals surface area contributed by atoms with Crippen LogP contribution in [0.15, 0.2) is 59.5 Å². The smallest absolute Gasteiger partial charge is 0.293 e. The van der Waals surface area contributed by atoms with Crippen molar-refractivity contribution in [1.82, 2.24) is 4.90 Å². The third kappa shape index (κ3) is 5.19. The van der Waals surface area contributed by atoms with Crippen LogP contribution in [0.3, 0.4) is 0 Å². The van der Waals surface area contributed by atoms with Crippen LogP contribution in [0, 0.1) is 3.57 Å². The Morgan fingerprint density at radius 2 is 1.79 bits per heavy atom. The lowest BCUT2D eigenvalue weighted by Gasteiger charge is -2.16. The third-order valence-electron chi connectivity index (χ3n) is 5.17. The molecule has 4 rings (SSSR count). The van der Waals surface area contributed by atoms with Gasteiger partial charge in [-0.1, -0.05) is 36.4 Å². The summed E-state index contributed by atoms with van der Waals surface area (Å²) in [5.41, 5.74) is 1.86. The fourth-order valence-corrected chi connectivity index (χ4v) is 5.38. The van der Waals surface area contributed by atoms with Gasteiger partial charge in [-0.3, -0.25) is 14.5 Å². The number of hydrogen-bond acceptors (Lipinski definition) is 5. The number of carbonyl (C=O) groups excluding carboxylic acids is 2. The van der Waals surface area contributed by atoms with E-state index in [2.05, 4.69) is 52.9 Å². The molecule has 0 unspecified atom stereocenters. The quantitative estimate of drug-likeness (QED) is 0.228. The number of fused-ring (bicyclic) bond motifs is 1. The number of halogens is 1. The second kappa shape index (κ2) is 10.2.